The monoisotopic (exact) mass is 387 g/mol. The second kappa shape index (κ2) is 6.84. The average molecular weight is 388 g/mol. The van der Waals surface area contributed by atoms with E-state index in [0.29, 0.717) is 36.8 Å². The number of hydrogen-bond acceptors (Lipinski definition) is 4. The van der Waals surface area contributed by atoms with E-state index in [1.165, 1.54) is 0 Å². The SMILES string of the molecule is Cc1ccc(C)c(S(=O)(=O)N2CCc3cc4c(cc3C2C)OCCCO4)c1. The fraction of sp³-hybridized carbons (Fsp3) is 0.429. The molecule has 6 heteroatoms. The summed E-state index contributed by atoms with van der Waals surface area (Å²) in [6.45, 7) is 7.44. The van der Waals surface area contributed by atoms with Crippen molar-refractivity contribution < 1.29 is 17.9 Å². The van der Waals surface area contributed by atoms with Crippen LogP contribution in [-0.2, 0) is 16.4 Å². The molecule has 0 saturated carbocycles. The highest BCUT2D eigenvalue weighted by atomic mass is 32.2. The second-order valence-corrected chi connectivity index (χ2v) is 9.22. The summed E-state index contributed by atoms with van der Waals surface area (Å²) in [5, 5.41) is 0. The molecule has 0 saturated heterocycles. The van der Waals surface area contributed by atoms with Crippen LogP contribution in [0.2, 0.25) is 0 Å². The van der Waals surface area contributed by atoms with Gasteiger partial charge in [0.15, 0.2) is 11.5 Å². The molecule has 0 radical (unpaired) electrons. The third-order valence-electron chi connectivity index (χ3n) is 5.42. The van der Waals surface area contributed by atoms with Gasteiger partial charge in [0, 0.05) is 19.0 Å². The molecule has 2 aromatic rings. The van der Waals surface area contributed by atoms with Gasteiger partial charge in [0.05, 0.1) is 18.1 Å². The van der Waals surface area contributed by atoms with E-state index in [1.807, 2.05) is 45.0 Å². The molecule has 4 rings (SSSR count). The summed E-state index contributed by atoms with van der Waals surface area (Å²) in [7, 11) is -3.57. The topological polar surface area (TPSA) is 55.8 Å². The summed E-state index contributed by atoms with van der Waals surface area (Å²) in [5.74, 6) is 1.48. The first-order valence-electron chi connectivity index (χ1n) is 9.39. The molecule has 1 unspecified atom stereocenters. The van der Waals surface area contributed by atoms with Crippen LogP contribution in [0, 0.1) is 13.8 Å². The van der Waals surface area contributed by atoms with Gasteiger partial charge in [-0.05, 0) is 67.6 Å². The van der Waals surface area contributed by atoms with Crippen LogP contribution in [0.1, 0.15) is 41.6 Å². The lowest BCUT2D eigenvalue weighted by atomic mass is 9.94. The molecule has 5 nitrogen and oxygen atoms in total. The van der Waals surface area contributed by atoms with Gasteiger partial charge in [-0.3, -0.25) is 0 Å². The van der Waals surface area contributed by atoms with Gasteiger partial charge in [0.2, 0.25) is 10.0 Å². The van der Waals surface area contributed by atoms with Gasteiger partial charge < -0.3 is 9.47 Å². The fourth-order valence-electron chi connectivity index (χ4n) is 3.89. The van der Waals surface area contributed by atoms with Crippen LogP contribution < -0.4 is 9.47 Å². The van der Waals surface area contributed by atoms with Crippen molar-refractivity contribution in [3.63, 3.8) is 0 Å². The molecule has 2 aliphatic heterocycles. The minimum atomic E-state index is -3.57. The van der Waals surface area contributed by atoms with Crippen molar-refractivity contribution >= 4 is 10.0 Å². The van der Waals surface area contributed by atoms with Crippen LogP contribution in [0.15, 0.2) is 35.2 Å². The zero-order valence-corrected chi connectivity index (χ0v) is 16.8. The Hall–Kier alpha value is -2.05. The predicted molar refractivity (Wildman–Crippen MR) is 104 cm³/mol. The molecule has 0 amide bonds. The number of rotatable bonds is 2. The first-order valence-corrected chi connectivity index (χ1v) is 10.8. The zero-order valence-electron chi connectivity index (χ0n) is 16.0. The summed E-state index contributed by atoms with van der Waals surface area (Å²) in [4.78, 5) is 0.396. The Kier molecular flexibility index (Phi) is 4.64. The highest BCUT2D eigenvalue weighted by molar-refractivity contribution is 7.89. The lowest BCUT2D eigenvalue weighted by Crippen LogP contribution is -2.39. The number of nitrogens with zero attached hydrogens (tertiary/aromatic N) is 1. The molecule has 2 aromatic carbocycles. The predicted octanol–water partition coefficient (Wildman–Crippen LogP) is 3.77. The van der Waals surface area contributed by atoms with Gasteiger partial charge in [-0.15, -0.1) is 0 Å². The van der Waals surface area contributed by atoms with Crippen molar-refractivity contribution in [3.05, 3.63) is 52.6 Å². The van der Waals surface area contributed by atoms with Gasteiger partial charge >= 0.3 is 0 Å². The number of aryl methyl sites for hydroxylation is 2. The van der Waals surface area contributed by atoms with Gasteiger partial charge in [-0.2, -0.15) is 4.31 Å². The number of benzene rings is 2. The van der Waals surface area contributed by atoms with Crippen molar-refractivity contribution in [1.29, 1.82) is 0 Å². The number of fused-ring (bicyclic) bond motifs is 2. The Balaban J connectivity index is 1.74. The van der Waals surface area contributed by atoms with E-state index in [1.54, 1.807) is 10.4 Å². The Morgan fingerprint density at radius 3 is 2.48 bits per heavy atom. The molecule has 1 atom stereocenters. The third kappa shape index (κ3) is 3.21. The number of hydrogen-bond donors (Lipinski definition) is 0. The van der Waals surface area contributed by atoms with E-state index in [0.717, 1.165) is 34.4 Å². The van der Waals surface area contributed by atoms with Crippen LogP contribution >= 0.6 is 0 Å². The lowest BCUT2D eigenvalue weighted by Gasteiger charge is -2.35. The van der Waals surface area contributed by atoms with Crippen molar-refractivity contribution in [2.75, 3.05) is 19.8 Å². The fourth-order valence-corrected chi connectivity index (χ4v) is 5.82. The van der Waals surface area contributed by atoms with Gasteiger partial charge in [0.1, 0.15) is 0 Å². The Morgan fingerprint density at radius 1 is 1.04 bits per heavy atom. The maximum atomic E-state index is 13.4. The van der Waals surface area contributed by atoms with Crippen LogP contribution in [0.5, 0.6) is 11.5 Å². The standard InChI is InChI=1S/C21H25NO4S/c1-14-5-6-15(2)21(11-14)27(23,24)22-8-7-17-12-19-20(13-18(17)16(22)3)26-10-4-9-25-19/h5-6,11-13,16H,4,7-10H2,1-3H3. The number of ether oxygens (including phenoxy) is 2. The molecule has 27 heavy (non-hydrogen) atoms. The minimum absolute atomic E-state index is 0.254. The van der Waals surface area contributed by atoms with E-state index in [2.05, 4.69) is 0 Å². The van der Waals surface area contributed by atoms with Gasteiger partial charge in [0.25, 0.3) is 0 Å². The number of sulfonamides is 1. The van der Waals surface area contributed by atoms with E-state index in [9.17, 15) is 8.42 Å². The van der Waals surface area contributed by atoms with Crippen LogP contribution in [0.4, 0.5) is 0 Å². The molecule has 144 valence electrons. The van der Waals surface area contributed by atoms with Gasteiger partial charge in [-0.1, -0.05) is 12.1 Å². The van der Waals surface area contributed by atoms with Gasteiger partial charge in [-0.25, -0.2) is 8.42 Å². The van der Waals surface area contributed by atoms with E-state index >= 15 is 0 Å². The maximum Gasteiger partial charge on any atom is 0.243 e. The minimum Gasteiger partial charge on any atom is -0.490 e. The van der Waals surface area contributed by atoms with Crippen molar-refractivity contribution in [2.45, 2.75) is 44.6 Å². The van der Waals surface area contributed by atoms with Crippen molar-refractivity contribution in [1.82, 2.24) is 4.31 Å². The smallest absolute Gasteiger partial charge is 0.243 e. The zero-order chi connectivity index (χ0) is 19.2. The molecule has 2 heterocycles. The largest absolute Gasteiger partial charge is 0.490 e. The molecule has 0 spiro atoms. The van der Waals surface area contributed by atoms with Crippen LogP contribution in [0.3, 0.4) is 0 Å². The molecule has 0 fully saturated rings. The summed E-state index contributed by atoms with van der Waals surface area (Å²) in [5.41, 5.74) is 3.86. The van der Waals surface area contributed by atoms with E-state index in [-0.39, 0.29) is 6.04 Å². The third-order valence-corrected chi connectivity index (χ3v) is 7.54. The summed E-state index contributed by atoms with van der Waals surface area (Å²) >= 11 is 0. The van der Waals surface area contributed by atoms with Crippen LogP contribution in [-0.4, -0.2) is 32.5 Å². The first kappa shape index (κ1) is 18.3. The normalized spacial score (nSPS) is 20.0. The van der Waals surface area contributed by atoms with E-state index < -0.39 is 10.0 Å². The summed E-state index contributed by atoms with van der Waals surface area (Å²) in [6.07, 6.45) is 1.52. The van der Waals surface area contributed by atoms with Crippen molar-refractivity contribution in [2.24, 2.45) is 0 Å². The molecule has 0 N–H and O–H groups in total. The van der Waals surface area contributed by atoms with E-state index in [4.69, 9.17) is 9.47 Å². The first-order chi connectivity index (χ1) is 12.9. The molecule has 2 aliphatic rings. The second-order valence-electron chi connectivity index (χ2n) is 7.36. The summed E-state index contributed by atoms with van der Waals surface area (Å²) < 4.78 is 40.0. The highest BCUT2D eigenvalue weighted by Gasteiger charge is 2.35. The Morgan fingerprint density at radius 2 is 1.74 bits per heavy atom. The quantitative estimate of drug-likeness (QED) is 0.787. The molecular formula is C21H25NO4S. The highest BCUT2D eigenvalue weighted by Crippen LogP contribution is 2.41. The Bertz CT molecular complexity index is 984. The molecular weight excluding hydrogens is 362 g/mol. The van der Waals surface area contributed by atoms with Crippen molar-refractivity contribution in [3.8, 4) is 11.5 Å². The molecule has 0 aromatic heterocycles. The molecule has 0 aliphatic carbocycles. The lowest BCUT2D eigenvalue weighted by molar-refractivity contribution is 0.296. The summed E-state index contributed by atoms with van der Waals surface area (Å²) in [6, 6.07) is 9.31. The molecule has 0 bridgehead atoms. The van der Waals surface area contributed by atoms with Crippen LogP contribution in [0.25, 0.3) is 0 Å². The maximum absolute atomic E-state index is 13.4. The Labute approximate surface area is 161 Å². The average Bonchev–Trinajstić information content (AvgIpc) is 2.87.